The van der Waals surface area contributed by atoms with Gasteiger partial charge in [0.25, 0.3) is 5.91 Å². The van der Waals surface area contributed by atoms with E-state index in [1.54, 1.807) is 45.9 Å². The van der Waals surface area contributed by atoms with Crippen LogP contribution in [0.25, 0.3) is 11.0 Å². The van der Waals surface area contributed by atoms with Gasteiger partial charge in [0, 0.05) is 17.9 Å². The Bertz CT molecular complexity index is 2110. The molecule has 1 aromatic heterocycles. The molecule has 2 bridgehead atoms. The molecule has 3 aliphatic carbocycles. The van der Waals surface area contributed by atoms with Gasteiger partial charge in [0.1, 0.15) is 40.8 Å². The maximum Gasteiger partial charge on any atom is 0.408 e. The van der Waals surface area contributed by atoms with Crippen molar-refractivity contribution in [3.05, 3.63) is 23.9 Å². The van der Waals surface area contributed by atoms with E-state index in [4.69, 9.17) is 24.2 Å². The number of nitrogens with zero attached hydrogens (tertiary/aromatic N) is 3. The second-order valence-corrected chi connectivity index (χ2v) is 20.6. The average Bonchev–Trinajstić information content (AvgIpc) is 4.09. The van der Waals surface area contributed by atoms with Gasteiger partial charge in [-0.15, -0.1) is 0 Å². The average molecular weight is 833 g/mol. The number of hydrogen-bond acceptors (Lipinski definition) is 11. The highest BCUT2D eigenvalue weighted by Gasteiger charge is 2.68. The highest BCUT2D eigenvalue weighted by atomic mass is 32.2. The third kappa shape index (κ3) is 7.88. The molecule has 1 saturated heterocycles. The van der Waals surface area contributed by atoms with Crippen LogP contribution in [0, 0.1) is 23.2 Å². The smallest absolute Gasteiger partial charge is 0.408 e. The predicted molar refractivity (Wildman–Crippen MR) is 206 cm³/mol. The van der Waals surface area contributed by atoms with Crippen LogP contribution in [0.4, 0.5) is 13.6 Å². The zero-order valence-electron chi connectivity index (χ0n) is 34.0. The summed E-state index contributed by atoms with van der Waals surface area (Å²) in [6, 6.07) is 2.67. The normalized spacial score (nSPS) is 32.3. The van der Waals surface area contributed by atoms with Gasteiger partial charge in [-0.3, -0.25) is 19.1 Å². The maximum atomic E-state index is 14.8. The number of hydrogen-bond donors (Lipinski definition) is 3. The fourth-order valence-corrected chi connectivity index (χ4v) is 9.73. The summed E-state index contributed by atoms with van der Waals surface area (Å²) < 4.78 is 73.4. The van der Waals surface area contributed by atoms with Gasteiger partial charge in [0.05, 0.1) is 35.4 Å². The summed E-state index contributed by atoms with van der Waals surface area (Å²) >= 11 is 0. The molecule has 18 heteroatoms. The molecule has 4 amide bonds. The van der Waals surface area contributed by atoms with E-state index in [2.05, 4.69) is 10.6 Å². The SMILES string of the molecule is COc1ccc2nc3c(nc2c1)O[C@H]1CN(C(=O)[C@H](C(C)(C)C)NC(=O)O[C@]2(C)C[C@H]2CCCCC3)C(C(=O)N[C@]2(C(=O)NS(=O)(=O)C3(C)CC3)C[C@H]2C(F)F)[C@@H]1C. The van der Waals surface area contributed by atoms with E-state index in [1.165, 1.54) is 18.9 Å². The quantitative estimate of drug-likeness (QED) is 0.358. The van der Waals surface area contributed by atoms with Crippen LogP contribution in [0.3, 0.4) is 0 Å². The number of nitrogens with one attached hydrogen (secondary N) is 3. The molecule has 2 aromatic rings. The Morgan fingerprint density at radius 2 is 1.79 bits per heavy atom. The number of rotatable bonds is 7. The van der Waals surface area contributed by atoms with Crippen molar-refractivity contribution in [2.45, 2.75) is 140 Å². The third-order valence-corrected chi connectivity index (χ3v) is 15.1. The number of carbonyl (C=O) groups is 4. The van der Waals surface area contributed by atoms with E-state index in [0.717, 1.165) is 25.7 Å². The first-order chi connectivity index (χ1) is 27.1. The lowest BCUT2D eigenvalue weighted by Gasteiger charge is -2.36. The molecule has 5 aliphatic rings. The molecule has 7 rings (SSSR count). The second kappa shape index (κ2) is 14.7. The zero-order chi connectivity index (χ0) is 42.2. The monoisotopic (exact) mass is 832 g/mol. The summed E-state index contributed by atoms with van der Waals surface area (Å²) in [5.74, 6) is -4.49. The number of ether oxygens (including phenoxy) is 3. The molecular formula is C40H54F2N6O9S. The van der Waals surface area contributed by atoms with Gasteiger partial charge in [0.15, 0.2) is 0 Å². The van der Waals surface area contributed by atoms with Gasteiger partial charge < -0.3 is 29.7 Å². The van der Waals surface area contributed by atoms with Crippen molar-refractivity contribution in [3.63, 3.8) is 0 Å². The van der Waals surface area contributed by atoms with E-state index >= 15 is 0 Å². The van der Waals surface area contributed by atoms with Gasteiger partial charge >= 0.3 is 6.09 Å². The van der Waals surface area contributed by atoms with Gasteiger partial charge in [-0.2, -0.15) is 0 Å². The molecule has 2 aliphatic heterocycles. The summed E-state index contributed by atoms with van der Waals surface area (Å²) in [6.07, 6.45) is -0.133. The van der Waals surface area contributed by atoms with Crippen LogP contribution in [-0.2, 0) is 35.6 Å². The van der Waals surface area contributed by atoms with E-state index in [-0.39, 0.29) is 18.3 Å². The number of fused-ring (bicyclic) bond motifs is 5. The summed E-state index contributed by atoms with van der Waals surface area (Å²) in [4.78, 5) is 67.4. The number of sulfonamides is 1. The van der Waals surface area contributed by atoms with Gasteiger partial charge in [0.2, 0.25) is 34.1 Å². The predicted octanol–water partition coefficient (Wildman–Crippen LogP) is 4.41. The Morgan fingerprint density at radius 3 is 2.43 bits per heavy atom. The van der Waals surface area contributed by atoms with Crippen LogP contribution in [0.5, 0.6) is 11.6 Å². The number of benzene rings is 1. The molecule has 3 N–H and O–H groups in total. The first kappa shape index (κ1) is 41.8. The number of carbonyl (C=O) groups excluding carboxylic acids is 4. The lowest BCUT2D eigenvalue weighted by Crippen LogP contribution is -2.61. The van der Waals surface area contributed by atoms with Crippen molar-refractivity contribution in [1.29, 1.82) is 0 Å². The number of alkyl carbamates (subject to hydrolysis) is 1. The van der Waals surface area contributed by atoms with E-state index in [0.29, 0.717) is 48.2 Å². The van der Waals surface area contributed by atoms with Crippen LogP contribution in [0.15, 0.2) is 18.2 Å². The van der Waals surface area contributed by atoms with Crippen molar-refractivity contribution in [1.82, 2.24) is 30.2 Å². The molecule has 1 unspecified atom stereocenters. The van der Waals surface area contributed by atoms with Crippen molar-refractivity contribution >= 4 is 44.9 Å². The fraction of sp³-hybridized carbons (Fsp3) is 0.700. The minimum atomic E-state index is -4.24. The summed E-state index contributed by atoms with van der Waals surface area (Å²) in [7, 11) is -2.71. The Hall–Kier alpha value is -4.35. The van der Waals surface area contributed by atoms with E-state index in [9.17, 15) is 36.4 Å². The molecule has 0 radical (unpaired) electrons. The minimum absolute atomic E-state index is 0.148. The van der Waals surface area contributed by atoms with Crippen molar-refractivity contribution in [2.24, 2.45) is 23.2 Å². The topological polar surface area (TPSA) is 195 Å². The number of aromatic nitrogens is 2. The Balaban J connectivity index is 1.26. The van der Waals surface area contributed by atoms with Crippen LogP contribution in [0.1, 0.15) is 98.6 Å². The fourth-order valence-electron chi connectivity index (χ4n) is 8.42. The largest absolute Gasteiger partial charge is 0.497 e. The molecule has 318 valence electrons. The number of alkyl halides is 2. The Kier molecular flexibility index (Phi) is 10.6. The van der Waals surface area contributed by atoms with Crippen molar-refractivity contribution < 1.29 is 50.6 Å². The molecule has 1 aromatic carbocycles. The van der Waals surface area contributed by atoms with Crippen LogP contribution < -0.4 is 24.8 Å². The molecule has 0 spiro atoms. The highest BCUT2D eigenvalue weighted by molar-refractivity contribution is 7.91. The van der Waals surface area contributed by atoms with E-state index in [1.807, 2.05) is 11.6 Å². The van der Waals surface area contributed by atoms with Gasteiger partial charge in [-0.1, -0.05) is 40.5 Å². The van der Waals surface area contributed by atoms with Crippen LogP contribution >= 0.6 is 0 Å². The molecule has 8 atom stereocenters. The first-order valence-electron chi connectivity index (χ1n) is 20.1. The standard InChI is InChI=1S/C40H54F2N6O9S/c1-21-28-20-48(29(21)32(49)46-40(19-24(40)31(41)42)35(51)47-58(53,54)38(5)15-16-38)34(50)30(37(2,3)4)45-36(52)57-39(6)18-22(39)11-9-8-10-12-26-33(56-28)44-27-17-23(55-7)13-14-25(27)43-26/h13-14,17,21-22,24,28-31H,8-12,15-16,18-20H2,1-7H3,(H,45,52)(H,46,49)(H,47,51)/t21-,22-,24+,28+,29?,30-,39-,40-/m1/s1. The molecule has 15 nitrogen and oxygen atoms in total. The maximum absolute atomic E-state index is 14.8. The lowest BCUT2D eigenvalue weighted by atomic mass is 9.85. The van der Waals surface area contributed by atoms with Gasteiger partial charge in [-0.25, -0.2) is 32.0 Å². The lowest BCUT2D eigenvalue weighted by molar-refractivity contribution is -0.143. The minimum Gasteiger partial charge on any atom is -0.497 e. The Labute approximate surface area is 337 Å². The number of aryl methyl sites for hydroxylation is 1. The summed E-state index contributed by atoms with van der Waals surface area (Å²) in [6.45, 7) is 10.0. The van der Waals surface area contributed by atoms with Gasteiger partial charge in [-0.05, 0) is 76.3 Å². The number of methoxy groups -OCH3 is 1. The first-order valence-corrected chi connectivity index (χ1v) is 21.6. The second-order valence-electron chi connectivity index (χ2n) is 18.4. The Morgan fingerprint density at radius 1 is 1.07 bits per heavy atom. The highest BCUT2D eigenvalue weighted by Crippen LogP contribution is 2.51. The number of halogens is 2. The number of amides is 4. The molecule has 58 heavy (non-hydrogen) atoms. The summed E-state index contributed by atoms with van der Waals surface area (Å²) in [5, 5.41) is 5.24. The zero-order valence-corrected chi connectivity index (χ0v) is 34.8. The molecule has 3 heterocycles. The molecule has 4 fully saturated rings. The van der Waals surface area contributed by atoms with Crippen LogP contribution in [0.2, 0.25) is 0 Å². The van der Waals surface area contributed by atoms with E-state index < -0.39 is 98.0 Å². The van der Waals surface area contributed by atoms with Crippen molar-refractivity contribution in [2.75, 3.05) is 13.7 Å². The molecule has 3 saturated carbocycles. The van der Waals surface area contributed by atoms with Crippen LogP contribution in [-0.4, -0.2) is 101 Å². The van der Waals surface area contributed by atoms with Crippen molar-refractivity contribution in [3.8, 4) is 11.6 Å². The third-order valence-electron chi connectivity index (χ3n) is 12.9. The molecular weight excluding hydrogens is 779 g/mol. The summed E-state index contributed by atoms with van der Waals surface area (Å²) in [5.41, 5.74) is -2.17.